The second-order valence-corrected chi connectivity index (χ2v) is 12.7. The molecule has 0 saturated carbocycles. The van der Waals surface area contributed by atoms with Crippen LogP contribution in [0.1, 0.15) is 72.9 Å². The average Bonchev–Trinajstić information content (AvgIpc) is 3.50. The van der Waals surface area contributed by atoms with E-state index in [-0.39, 0.29) is 12.9 Å². The Hall–Kier alpha value is -4.22. The Labute approximate surface area is 261 Å². The SMILES string of the molecule is COC1=CC=C2C(=CN3CCc4cc5c(cc4C3=C2Cc2ccc(C(C)C)cc2)OCO5)C1OCc1ccc(C(C)C)cc1. The maximum atomic E-state index is 6.70. The molecule has 0 radical (unpaired) electrons. The smallest absolute Gasteiger partial charge is 0.231 e. The van der Waals surface area contributed by atoms with Crippen LogP contribution in [0.25, 0.3) is 5.70 Å². The van der Waals surface area contributed by atoms with E-state index in [1.165, 1.54) is 44.7 Å². The van der Waals surface area contributed by atoms with Gasteiger partial charge in [0.2, 0.25) is 6.79 Å². The van der Waals surface area contributed by atoms with E-state index in [1.807, 2.05) is 0 Å². The van der Waals surface area contributed by atoms with Gasteiger partial charge < -0.3 is 23.8 Å². The van der Waals surface area contributed by atoms with Gasteiger partial charge in [-0.15, -0.1) is 0 Å². The Bertz CT molecular complexity index is 1690. The third-order valence-corrected chi connectivity index (χ3v) is 9.26. The van der Waals surface area contributed by atoms with Crippen LogP contribution in [0.2, 0.25) is 0 Å². The highest BCUT2D eigenvalue weighted by molar-refractivity contribution is 5.82. The normalized spacial score (nSPS) is 18.5. The van der Waals surface area contributed by atoms with Crippen LogP contribution in [0.4, 0.5) is 0 Å². The maximum absolute atomic E-state index is 6.70. The first-order valence-corrected chi connectivity index (χ1v) is 15.8. The number of ether oxygens (including phenoxy) is 4. The number of nitrogens with zero attached hydrogens (tertiary/aromatic N) is 1. The Balaban J connectivity index is 1.28. The molecule has 5 heteroatoms. The lowest BCUT2D eigenvalue weighted by molar-refractivity contribution is 0.0495. The van der Waals surface area contributed by atoms with Crippen molar-refractivity contribution in [1.29, 1.82) is 0 Å². The van der Waals surface area contributed by atoms with Crippen molar-refractivity contribution >= 4 is 5.70 Å². The molecule has 5 nitrogen and oxygen atoms in total. The Morgan fingerprint density at radius 1 is 0.841 bits per heavy atom. The summed E-state index contributed by atoms with van der Waals surface area (Å²) >= 11 is 0. The van der Waals surface area contributed by atoms with Crippen LogP contribution in [0.3, 0.4) is 0 Å². The van der Waals surface area contributed by atoms with Gasteiger partial charge in [-0.05, 0) is 75.4 Å². The molecule has 3 aromatic carbocycles. The largest absolute Gasteiger partial charge is 0.498 e. The lowest BCUT2D eigenvalue weighted by atomic mass is 9.79. The molecule has 1 atom stereocenters. The van der Waals surface area contributed by atoms with Crippen LogP contribution < -0.4 is 9.47 Å². The molecule has 0 N–H and O–H groups in total. The summed E-state index contributed by atoms with van der Waals surface area (Å²) in [5, 5.41) is 0. The second kappa shape index (κ2) is 11.7. The fourth-order valence-electron chi connectivity index (χ4n) is 6.66. The van der Waals surface area contributed by atoms with Gasteiger partial charge in [-0.1, -0.05) is 82.3 Å². The highest BCUT2D eigenvalue weighted by Crippen LogP contribution is 2.47. The molecule has 0 aromatic heterocycles. The van der Waals surface area contributed by atoms with Crippen molar-refractivity contribution in [3.05, 3.63) is 135 Å². The maximum Gasteiger partial charge on any atom is 0.231 e. The quantitative estimate of drug-likeness (QED) is 0.265. The summed E-state index contributed by atoms with van der Waals surface area (Å²) < 4.78 is 24.2. The van der Waals surface area contributed by atoms with Crippen LogP contribution in [0.5, 0.6) is 11.5 Å². The molecule has 0 bridgehead atoms. The van der Waals surface area contributed by atoms with Gasteiger partial charge in [0.25, 0.3) is 0 Å². The predicted octanol–water partition coefficient (Wildman–Crippen LogP) is 8.43. The van der Waals surface area contributed by atoms with E-state index >= 15 is 0 Å². The molecule has 7 rings (SSSR count). The molecule has 226 valence electrons. The Morgan fingerprint density at radius 2 is 1.50 bits per heavy atom. The average molecular weight is 588 g/mol. The van der Waals surface area contributed by atoms with E-state index in [0.29, 0.717) is 18.4 Å². The van der Waals surface area contributed by atoms with Crippen molar-refractivity contribution in [3.63, 3.8) is 0 Å². The number of fused-ring (bicyclic) bond motifs is 5. The summed E-state index contributed by atoms with van der Waals surface area (Å²) in [6.07, 6.45) is 8.02. The molecular formula is C39H41NO4. The first-order valence-electron chi connectivity index (χ1n) is 15.8. The van der Waals surface area contributed by atoms with Crippen molar-refractivity contribution in [3.8, 4) is 11.5 Å². The van der Waals surface area contributed by atoms with Crippen molar-refractivity contribution in [2.45, 2.75) is 65.1 Å². The minimum atomic E-state index is -0.303. The number of rotatable bonds is 8. The number of benzene rings is 3. The molecule has 1 aliphatic carbocycles. The minimum absolute atomic E-state index is 0.273. The molecule has 0 saturated heterocycles. The third-order valence-electron chi connectivity index (χ3n) is 9.26. The van der Waals surface area contributed by atoms with Gasteiger partial charge in [0, 0.05) is 30.3 Å². The molecule has 0 fully saturated rings. The van der Waals surface area contributed by atoms with Crippen LogP contribution >= 0.6 is 0 Å². The summed E-state index contributed by atoms with van der Waals surface area (Å²) in [5.41, 5.74) is 12.5. The third kappa shape index (κ3) is 5.24. The van der Waals surface area contributed by atoms with E-state index in [9.17, 15) is 0 Å². The molecule has 3 heterocycles. The Morgan fingerprint density at radius 3 is 2.16 bits per heavy atom. The molecular weight excluding hydrogens is 546 g/mol. The van der Waals surface area contributed by atoms with Crippen molar-refractivity contribution < 1.29 is 18.9 Å². The standard InChI is InChI=1S/C39H41NO4/c1-24(2)28-10-6-26(7-11-28)18-33-31-14-15-35(41-5)39(42-22-27-8-12-29(13-9-27)25(3)4)34(31)21-40-17-16-30-19-36-37(44-23-43-36)20-32(30)38(33)40/h6-15,19-21,24-25,39H,16-18,22-23H2,1-5H3. The lowest BCUT2D eigenvalue weighted by Crippen LogP contribution is -2.34. The van der Waals surface area contributed by atoms with E-state index < -0.39 is 0 Å². The second-order valence-electron chi connectivity index (χ2n) is 12.7. The zero-order chi connectivity index (χ0) is 30.4. The predicted molar refractivity (Wildman–Crippen MR) is 174 cm³/mol. The first-order chi connectivity index (χ1) is 21.4. The number of hydrogen-bond donors (Lipinski definition) is 0. The molecule has 3 aromatic rings. The van der Waals surface area contributed by atoms with Crippen LogP contribution in [-0.4, -0.2) is 31.5 Å². The van der Waals surface area contributed by atoms with Crippen molar-refractivity contribution in [2.75, 3.05) is 20.4 Å². The summed E-state index contributed by atoms with van der Waals surface area (Å²) in [7, 11) is 1.74. The summed E-state index contributed by atoms with van der Waals surface area (Å²) in [4.78, 5) is 2.42. The zero-order valence-electron chi connectivity index (χ0n) is 26.4. The van der Waals surface area contributed by atoms with Crippen LogP contribution in [-0.2, 0) is 28.9 Å². The Kier molecular flexibility index (Phi) is 7.59. The molecule has 4 aliphatic rings. The van der Waals surface area contributed by atoms with Gasteiger partial charge in [-0.3, -0.25) is 0 Å². The molecule has 3 aliphatic heterocycles. The van der Waals surface area contributed by atoms with Gasteiger partial charge in [-0.25, -0.2) is 0 Å². The van der Waals surface area contributed by atoms with Gasteiger partial charge in [-0.2, -0.15) is 0 Å². The van der Waals surface area contributed by atoms with E-state index in [1.54, 1.807) is 7.11 Å². The molecule has 0 amide bonds. The number of methoxy groups -OCH3 is 1. The van der Waals surface area contributed by atoms with E-state index in [4.69, 9.17) is 18.9 Å². The monoisotopic (exact) mass is 587 g/mol. The number of hydrogen-bond acceptors (Lipinski definition) is 5. The highest BCUT2D eigenvalue weighted by atomic mass is 16.7. The minimum Gasteiger partial charge on any atom is -0.498 e. The topological polar surface area (TPSA) is 40.2 Å². The van der Waals surface area contributed by atoms with Gasteiger partial charge in [0.05, 0.1) is 19.4 Å². The van der Waals surface area contributed by atoms with E-state index in [2.05, 4.69) is 112 Å². The van der Waals surface area contributed by atoms with Crippen LogP contribution in [0, 0.1) is 0 Å². The van der Waals surface area contributed by atoms with Crippen molar-refractivity contribution in [2.24, 2.45) is 0 Å². The number of allylic oxidation sites excluding steroid dienone is 3. The molecule has 1 unspecified atom stereocenters. The fraction of sp³-hybridized carbons (Fsp3) is 0.333. The fourth-order valence-corrected chi connectivity index (χ4v) is 6.66. The highest BCUT2D eigenvalue weighted by Gasteiger charge is 2.37. The summed E-state index contributed by atoms with van der Waals surface area (Å²) in [6.45, 7) is 10.6. The van der Waals surface area contributed by atoms with E-state index in [0.717, 1.165) is 47.8 Å². The van der Waals surface area contributed by atoms with Gasteiger partial charge in [0.15, 0.2) is 11.5 Å². The van der Waals surface area contributed by atoms with Crippen molar-refractivity contribution in [1.82, 2.24) is 4.90 Å². The zero-order valence-corrected chi connectivity index (χ0v) is 26.4. The molecule has 0 spiro atoms. The molecule has 44 heavy (non-hydrogen) atoms. The lowest BCUT2D eigenvalue weighted by Gasteiger charge is -2.40. The van der Waals surface area contributed by atoms with Gasteiger partial charge >= 0.3 is 0 Å². The first kappa shape index (κ1) is 28.5. The van der Waals surface area contributed by atoms with Gasteiger partial charge in [0.1, 0.15) is 11.9 Å². The summed E-state index contributed by atoms with van der Waals surface area (Å²) in [5.74, 6) is 3.48. The van der Waals surface area contributed by atoms with Crippen LogP contribution in [0.15, 0.2) is 101 Å². The summed E-state index contributed by atoms with van der Waals surface area (Å²) in [6, 6.07) is 22.2.